The van der Waals surface area contributed by atoms with Crippen LogP contribution in [0.15, 0.2) is 72.8 Å². The van der Waals surface area contributed by atoms with Crippen LogP contribution in [-0.4, -0.2) is 43.3 Å². The number of likely N-dealkylation sites (N-methyl/N-ethyl adjacent to an activating group) is 1. The van der Waals surface area contributed by atoms with Gasteiger partial charge in [-0.05, 0) is 42.8 Å². The molecule has 182 valence electrons. The van der Waals surface area contributed by atoms with E-state index in [1.165, 1.54) is 18.2 Å². The number of aromatic hydroxyl groups is 1. The highest BCUT2D eigenvalue weighted by molar-refractivity contribution is 6.05. The predicted molar refractivity (Wildman–Crippen MR) is 132 cm³/mol. The summed E-state index contributed by atoms with van der Waals surface area (Å²) >= 11 is 0. The lowest BCUT2D eigenvalue weighted by molar-refractivity contribution is -0.134. The number of hydroxylamine groups is 1. The fourth-order valence-corrected chi connectivity index (χ4v) is 3.80. The Bertz CT molecular complexity index is 1180. The van der Waals surface area contributed by atoms with Crippen molar-refractivity contribution in [1.82, 2.24) is 0 Å². The largest absolute Gasteiger partial charge is 0.508 e. The number of carbonyl (C=O) groups is 2. The molecule has 35 heavy (non-hydrogen) atoms. The van der Waals surface area contributed by atoms with Gasteiger partial charge in [-0.1, -0.05) is 37.3 Å². The molecule has 1 atom stereocenters. The molecular weight excluding hydrogens is 448 g/mol. The van der Waals surface area contributed by atoms with E-state index >= 15 is 0 Å². The van der Waals surface area contributed by atoms with Gasteiger partial charge in [-0.2, -0.15) is 5.06 Å². The molecule has 4 rings (SSSR count). The first kappa shape index (κ1) is 24.1. The summed E-state index contributed by atoms with van der Waals surface area (Å²) in [6.45, 7) is 2.45. The molecule has 0 saturated carbocycles. The van der Waals surface area contributed by atoms with Crippen LogP contribution < -0.4 is 19.4 Å². The normalized spacial score (nSPS) is 14.6. The Balaban J connectivity index is 1.62. The molecule has 1 aliphatic heterocycles. The van der Waals surface area contributed by atoms with Gasteiger partial charge in [0, 0.05) is 25.1 Å². The zero-order chi connectivity index (χ0) is 24.8. The number of rotatable bonds is 8. The van der Waals surface area contributed by atoms with Crippen molar-refractivity contribution in [3.05, 3.63) is 78.4 Å². The van der Waals surface area contributed by atoms with Gasteiger partial charge in [-0.3, -0.25) is 14.4 Å². The number of hydrogen-bond donors (Lipinski definition) is 1. The number of fused-ring (bicyclic) bond motifs is 1. The lowest BCUT2D eigenvalue weighted by Crippen LogP contribution is -2.43. The molecule has 8 nitrogen and oxygen atoms in total. The van der Waals surface area contributed by atoms with Crippen LogP contribution in [0.3, 0.4) is 0 Å². The van der Waals surface area contributed by atoms with Crippen molar-refractivity contribution in [2.45, 2.75) is 25.9 Å². The Hall–Kier alpha value is -4.04. The summed E-state index contributed by atoms with van der Waals surface area (Å²) in [5.41, 5.74) is 1.46. The number of amides is 1. The molecular formula is C27H28N2O6. The van der Waals surface area contributed by atoms with E-state index in [0.29, 0.717) is 18.5 Å². The van der Waals surface area contributed by atoms with Gasteiger partial charge in [0.25, 0.3) is 5.91 Å². The van der Waals surface area contributed by atoms with Crippen LogP contribution in [0, 0.1) is 0 Å². The van der Waals surface area contributed by atoms with Gasteiger partial charge >= 0.3 is 5.97 Å². The number of carbonyl (C=O) groups excluding carboxylic acids is 2. The standard InChI is InChI=1S/C27H28N2O6/c1-3-9-26(31)35-25-15-14-20(30)16-23(25)29(27(32)19-10-5-4-6-11-19)33-18-21-17-28(2)22-12-7-8-13-24(22)34-21/h4-8,10-16,21,30H,3,9,17-18H2,1-2H3/t21-/m0/s1. The van der Waals surface area contributed by atoms with Crippen molar-refractivity contribution in [3.8, 4) is 17.2 Å². The zero-order valence-electron chi connectivity index (χ0n) is 19.7. The molecule has 3 aromatic rings. The number of anilines is 2. The average molecular weight is 477 g/mol. The number of ether oxygens (including phenoxy) is 2. The van der Waals surface area contributed by atoms with Crippen LogP contribution in [0.4, 0.5) is 11.4 Å². The number of nitrogens with zero attached hydrogens (tertiary/aromatic N) is 2. The van der Waals surface area contributed by atoms with Gasteiger partial charge in [-0.25, -0.2) is 0 Å². The third-order valence-electron chi connectivity index (χ3n) is 5.48. The lowest BCUT2D eigenvalue weighted by atomic mass is 10.2. The van der Waals surface area contributed by atoms with Crippen LogP contribution in [0.2, 0.25) is 0 Å². The van der Waals surface area contributed by atoms with Crippen LogP contribution in [0.25, 0.3) is 0 Å². The highest BCUT2D eigenvalue weighted by Gasteiger charge is 2.28. The second-order valence-electron chi connectivity index (χ2n) is 8.23. The highest BCUT2D eigenvalue weighted by atomic mass is 16.7. The second kappa shape index (κ2) is 10.9. The third kappa shape index (κ3) is 5.73. The molecule has 0 aliphatic carbocycles. The molecule has 0 radical (unpaired) electrons. The van der Waals surface area contributed by atoms with Gasteiger partial charge in [0.1, 0.15) is 29.9 Å². The van der Waals surface area contributed by atoms with Crippen LogP contribution in [0.5, 0.6) is 17.2 Å². The molecule has 1 amide bonds. The number of esters is 1. The minimum atomic E-state index is -0.478. The molecule has 1 N–H and O–H groups in total. The molecule has 0 aromatic heterocycles. The zero-order valence-corrected chi connectivity index (χ0v) is 19.7. The summed E-state index contributed by atoms with van der Waals surface area (Å²) in [4.78, 5) is 33.8. The summed E-state index contributed by atoms with van der Waals surface area (Å²) in [5.74, 6) is -0.193. The molecule has 0 spiro atoms. The fraction of sp³-hybridized carbons (Fsp3) is 0.259. The van der Waals surface area contributed by atoms with Crippen molar-refractivity contribution in [1.29, 1.82) is 0 Å². The number of phenols is 1. The van der Waals surface area contributed by atoms with E-state index in [-0.39, 0.29) is 36.3 Å². The Morgan fingerprint density at radius 3 is 2.60 bits per heavy atom. The van der Waals surface area contributed by atoms with Crippen LogP contribution >= 0.6 is 0 Å². The Kier molecular flexibility index (Phi) is 7.52. The van der Waals surface area contributed by atoms with E-state index in [4.69, 9.17) is 14.3 Å². The number of hydrogen-bond acceptors (Lipinski definition) is 7. The van der Waals surface area contributed by atoms with Crippen LogP contribution in [0.1, 0.15) is 30.1 Å². The van der Waals surface area contributed by atoms with Crippen molar-refractivity contribution in [3.63, 3.8) is 0 Å². The van der Waals surface area contributed by atoms with Gasteiger partial charge in [-0.15, -0.1) is 0 Å². The first-order chi connectivity index (χ1) is 17.0. The molecule has 1 aliphatic rings. The molecule has 8 heteroatoms. The summed E-state index contributed by atoms with van der Waals surface area (Å²) in [5, 5.41) is 11.2. The summed E-state index contributed by atoms with van der Waals surface area (Å²) in [6, 6.07) is 20.5. The minimum absolute atomic E-state index is 0.0370. The highest BCUT2D eigenvalue weighted by Crippen LogP contribution is 2.35. The molecule has 0 fully saturated rings. The fourth-order valence-electron chi connectivity index (χ4n) is 3.80. The lowest BCUT2D eigenvalue weighted by Gasteiger charge is -2.34. The van der Waals surface area contributed by atoms with E-state index < -0.39 is 11.9 Å². The Labute approximate surface area is 204 Å². The van der Waals surface area contributed by atoms with Crippen molar-refractivity contribution in [2.75, 3.05) is 30.2 Å². The average Bonchev–Trinajstić information content (AvgIpc) is 2.86. The topological polar surface area (TPSA) is 88.5 Å². The molecule has 0 saturated heterocycles. The SMILES string of the molecule is CCCC(=O)Oc1ccc(O)cc1N(OC[C@@H]1CN(C)c2ccccc2O1)C(=O)c1ccccc1. The first-order valence-electron chi connectivity index (χ1n) is 11.5. The third-order valence-corrected chi connectivity index (χ3v) is 5.48. The van der Waals surface area contributed by atoms with E-state index in [2.05, 4.69) is 4.90 Å². The van der Waals surface area contributed by atoms with Crippen LogP contribution in [-0.2, 0) is 9.63 Å². The molecule has 0 unspecified atom stereocenters. The van der Waals surface area contributed by atoms with Crippen molar-refractivity contribution < 1.29 is 29.0 Å². The molecule has 0 bridgehead atoms. The smallest absolute Gasteiger partial charge is 0.311 e. The maximum atomic E-state index is 13.5. The maximum Gasteiger partial charge on any atom is 0.311 e. The minimum Gasteiger partial charge on any atom is -0.508 e. The Morgan fingerprint density at radius 1 is 1.09 bits per heavy atom. The van der Waals surface area contributed by atoms with E-state index in [1.54, 1.807) is 30.3 Å². The number of benzene rings is 3. The number of phenolic OH excluding ortho intramolecular Hbond substituents is 1. The monoisotopic (exact) mass is 476 g/mol. The second-order valence-corrected chi connectivity index (χ2v) is 8.23. The summed E-state index contributed by atoms with van der Waals surface area (Å²) < 4.78 is 11.6. The van der Waals surface area contributed by atoms with Gasteiger partial charge in [0.2, 0.25) is 0 Å². The van der Waals surface area contributed by atoms with Gasteiger partial charge in [0.15, 0.2) is 5.75 Å². The molecule has 3 aromatic carbocycles. The van der Waals surface area contributed by atoms with E-state index in [9.17, 15) is 14.7 Å². The summed E-state index contributed by atoms with van der Waals surface area (Å²) in [6.07, 6.45) is 0.461. The van der Waals surface area contributed by atoms with Gasteiger partial charge in [0.05, 0.1) is 12.2 Å². The quantitative estimate of drug-likeness (QED) is 0.289. The number of para-hydroxylation sites is 2. The first-order valence-corrected chi connectivity index (χ1v) is 11.5. The van der Waals surface area contributed by atoms with Crippen molar-refractivity contribution >= 4 is 23.3 Å². The summed E-state index contributed by atoms with van der Waals surface area (Å²) in [7, 11) is 1.96. The predicted octanol–water partition coefficient (Wildman–Crippen LogP) is 4.57. The van der Waals surface area contributed by atoms with Crippen molar-refractivity contribution in [2.24, 2.45) is 0 Å². The van der Waals surface area contributed by atoms with Gasteiger partial charge < -0.3 is 19.5 Å². The Morgan fingerprint density at radius 2 is 1.83 bits per heavy atom. The van der Waals surface area contributed by atoms with E-state index in [1.807, 2.05) is 38.2 Å². The maximum absolute atomic E-state index is 13.5. The molecule has 1 heterocycles. The van der Waals surface area contributed by atoms with E-state index in [0.717, 1.165) is 16.5 Å².